The van der Waals surface area contributed by atoms with Gasteiger partial charge in [0.05, 0.1) is 16.2 Å². The fourth-order valence-corrected chi connectivity index (χ4v) is 2.34. The van der Waals surface area contributed by atoms with Gasteiger partial charge >= 0.3 is 23.9 Å². The summed E-state index contributed by atoms with van der Waals surface area (Å²) >= 11 is 0. The number of esters is 4. The number of amides is 1. The zero-order valence-corrected chi connectivity index (χ0v) is 22.5. The van der Waals surface area contributed by atoms with Crippen LogP contribution in [0.1, 0.15) is 67.9 Å². The molecule has 10 heteroatoms. The molecule has 1 rings (SSSR count). The Balaban J connectivity index is 3.13. The molecule has 0 saturated carbocycles. The van der Waals surface area contributed by atoms with Crippen LogP contribution in [0.5, 0.6) is 11.5 Å². The van der Waals surface area contributed by atoms with Gasteiger partial charge in [-0.3, -0.25) is 19.2 Å². The van der Waals surface area contributed by atoms with E-state index in [1.54, 1.807) is 68.4 Å². The number of rotatable bonds is 9. The van der Waals surface area contributed by atoms with E-state index in [-0.39, 0.29) is 17.9 Å². The zero-order chi connectivity index (χ0) is 27.9. The lowest BCUT2D eigenvalue weighted by Gasteiger charge is -2.21. The minimum Gasteiger partial charge on any atom is -0.427 e. The topological polar surface area (TPSA) is 134 Å². The molecule has 0 spiro atoms. The Morgan fingerprint density at radius 2 is 1.28 bits per heavy atom. The SMILES string of the molecule is CC(C)(C)C(=O)OCOC(=O)[C@H](Cc1ccc(OC(=O)C(C)(C)C)c(OC(=O)C(C)(C)C)c1)NC=O. The molecule has 0 radical (unpaired) electrons. The third-order valence-corrected chi connectivity index (χ3v) is 4.64. The summed E-state index contributed by atoms with van der Waals surface area (Å²) < 4.78 is 20.9. The molecule has 1 N–H and O–H groups in total. The van der Waals surface area contributed by atoms with Gasteiger partial charge in [0.15, 0.2) is 11.5 Å². The Kier molecular flexibility index (Phi) is 10.2. The van der Waals surface area contributed by atoms with Crippen LogP contribution in [0, 0.1) is 16.2 Å². The first-order valence-corrected chi connectivity index (χ1v) is 11.5. The predicted molar refractivity (Wildman–Crippen MR) is 130 cm³/mol. The van der Waals surface area contributed by atoms with Crippen LogP contribution >= 0.6 is 0 Å². The van der Waals surface area contributed by atoms with Crippen LogP contribution in [0.4, 0.5) is 0 Å². The van der Waals surface area contributed by atoms with Crippen molar-refractivity contribution in [3.8, 4) is 11.5 Å². The maximum absolute atomic E-state index is 12.5. The molecule has 200 valence electrons. The molecule has 0 bridgehead atoms. The van der Waals surface area contributed by atoms with Crippen molar-refractivity contribution in [2.24, 2.45) is 16.2 Å². The first-order chi connectivity index (χ1) is 16.4. The quantitative estimate of drug-likeness (QED) is 0.231. The van der Waals surface area contributed by atoms with Crippen molar-refractivity contribution in [1.29, 1.82) is 0 Å². The van der Waals surface area contributed by atoms with Gasteiger partial charge in [0.2, 0.25) is 13.2 Å². The third kappa shape index (κ3) is 9.67. The molecule has 0 heterocycles. The zero-order valence-electron chi connectivity index (χ0n) is 22.5. The first kappa shape index (κ1) is 30.6. The highest BCUT2D eigenvalue weighted by molar-refractivity contribution is 5.82. The lowest BCUT2D eigenvalue weighted by molar-refractivity contribution is -0.174. The number of nitrogens with one attached hydrogen (secondary N) is 1. The van der Waals surface area contributed by atoms with Gasteiger partial charge in [0.25, 0.3) is 0 Å². The second-order valence-electron chi connectivity index (χ2n) is 11.4. The molecule has 0 aromatic heterocycles. The molecular weight excluding hydrogens is 470 g/mol. The van der Waals surface area contributed by atoms with Crippen LogP contribution in [-0.2, 0) is 39.9 Å². The highest BCUT2D eigenvalue weighted by Gasteiger charge is 2.29. The summed E-state index contributed by atoms with van der Waals surface area (Å²) in [6, 6.07) is 3.33. The summed E-state index contributed by atoms with van der Waals surface area (Å²) in [4.78, 5) is 60.3. The van der Waals surface area contributed by atoms with E-state index in [0.29, 0.717) is 12.0 Å². The number of carbonyl (C=O) groups is 5. The fourth-order valence-electron chi connectivity index (χ4n) is 2.34. The average molecular weight is 508 g/mol. The van der Waals surface area contributed by atoms with E-state index >= 15 is 0 Å². The number of hydrogen-bond donors (Lipinski definition) is 1. The van der Waals surface area contributed by atoms with Gasteiger partial charge in [-0.2, -0.15) is 0 Å². The number of carbonyl (C=O) groups excluding carboxylic acids is 5. The van der Waals surface area contributed by atoms with Crippen LogP contribution in [0.25, 0.3) is 0 Å². The van der Waals surface area contributed by atoms with Crippen molar-refractivity contribution in [1.82, 2.24) is 5.32 Å². The molecule has 0 aliphatic heterocycles. The van der Waals surface area contributed by atoms with Crippen molar-refractivity contribution >= 4 is 30.3 Å². The standard InChI is InChI=1S/C26H37NO9/c1-24(2,3)21(30)34-15-33-20(29)17(27-14-28)12-16-10-11-18(35-22(31)25(4,5)6)19(13-16)36-23(32)26(7,8)9/h10-11,13-14,17H,12,15H2,1-9H3,(H,27,28)/t17-/m0/s1. The summed E-state index contributed by atoms with van der Waals surface area (Å²) in [6.07, 6.45) is 0.297. The summed E-state index contributed by atoms with van der Waals surface area (Å²) in [5.41, 5.74) is -1.93. The maximum Gasteiger partial charge on any atom is 0.331 e. The molecule has 0 aliphatic carbocycles. The Labute approximate surface area is 212 Å². The van der Waals surface area contributed by atoms with Crippen molar-refractivity contribution in [2.75, 3.05) is 6.79 Å². The second kappa shape index (κ2) is 12.0. The normalized spacial score (nSPS) is 12.7. The van der Waals surface area contributed by atoms with E-state index in [2.05, 4.69) is 5.32 Å². The van der Waals surface area contributed by atoms with Crippen molar-refractivity contribution in [3.63, 3.8) is 0 Å². The number of benzene rings is 1. The van der Waals surface area contributed by atoms with Gasteiger partial charge in [0, 0.05) is 6.42 Å². The van der Waals surface area contributed by atoms with Crippen molar-refractivity contribution in [3.05, 3.63) is 23.8 Å². The number of hydrogen-bond acceptors (Lipinski definition) is 9. The Morgan fingerprint density at radius 1 is 0.778 bits per heavy atom. The molecular formula is C26H37NO9. The van der Waals surface area contributed by atoms with Gasteiger partial charge in [-0.1, -0.05) is 6.07 Å². The molecule has 10 nitrogen and oxygen atoms in total. The molecule has 1 aromatic carbocycles. The van der Waals surface area contributed by atoms with Crippen molar-refractivity contribution in [2.45, 2.75) is 74.8 Å². The third-order valence-electron chi connectivity index (χ3n) is 4.64. The Hall–Kier alpha value is -3.43. The van der Waals surface area contributed by atoms with Crippen molar-refractivity contribution < 1.29 is 42.9 Å². The highest BCUT2D eigenvalue weighted by Crippen LogP contribution is 2.33. The van der Waals surface area contributed by atoms with Gasteiger partial charge in [-0.25, -0.2) is 4.79 Å². The fraction of sp³-hybridized carbons (Fsp3) is 0.577. The van der Waals surface area contributed by atoms with Crippen LogP contribution in [0.15, 0.2) is 18.2 Å². The monoisotopic (exact) mass is 507 g/mol. The molecule has 1 amide bonds. The maximum atomic E-state index is 12.5. The summed E-state index contributed by atoms with van der Waals surface area (Å²) in [5.74, 6) is -2.45. The van der Waals surface area contributed by atoms with Gasteiger partial charge in [-0.15, -0.1) is 0 Å². The van der Waals surface area contributed by atoms with E-state index in [1.165, 1.54) is 12.1 Å². The minimum absolute atomic E-state index is 0.0117. The molecule has 1 atom stereocenters. The lowest BCUT2D eigenvalue weighted by atomic mass is 9.97. The van der Waals surface area contributed by atoms with Crippen LogP contribution in [0.2, 0.25) is 0 Å². The largest absolute Gasteiger partial charge is 0.427 e. The highest BCUT2D eigenvalue weighted by atomic mass is 16.7. The average Bonchev–Trinajstić information content (AvgIpc) is 2.72. The van der Waals surface area contributed by atoms with Crippen LogP contribution in [-0.4, -0.2) is 43.1 Å². The Morgan fingerprint density at radius 3 is 1.75 bits per heavy atom. The van der Waals surface area contributed by atoms with E-state index in [9.17, 15) is 24.0 Å². The van der Waals surface area contributed by atoms with Gasteiger partial charge < -0.3 is 24.3 Å². The summed E-state index contributed by atoms with van der Waals surface area (Å²) in [6.45, 7) is 14.4. The molecule has 0 aliphatic rings. The van der Waals surface area contributed by atoms with E-state index in [1.807, 2.05) is 0 Å². The van der Waals surface area contributed by atoms with Gasteiger partial charge in [-0.05, 0) is 80.0 Å². The smallest absolute Gasteiger partial charge is 0.331 e. The summed E-state index contributed by atoms with van der Waals surface area (Å²) in [5, 5.41) is 2.36. The first-order valence-electron chi connectivity index (χ1n) is 11.5. The molecule has 0 saturated heterocycles. The number of ether oxygens (including phenoxy) is 4. The molecule has 36 heavy (non-hydrogen) atoms. The van der Waals surface area contributed by atoms with E-state index in [0.717, 1.165) is 0 Å². The molecule has 1 aromatic rings. The van der Waals surface area contributed by atoms with Crippen LogP contribution in [0.3, 0.4) is 0 Å². The summed E-state index contributed by atoms with van der Waals surface area (Å²) in [7, 11) is 0. The van der Waals surface area contributed by atoms with E-state index in [4.69, 9.17) is 18.9 Å². The second-order valence-corrected chi connectivity index (χ2v) is 11.4. The molecule has 0 unspecified atom stereocenters. The van der Waals surface area contributed by atoms with Gasteiger partial charge in [0.1, 0.15) is 6.04 Å². The van der Waals surface area contributed by atoms with E-state index < -0.39 is 53.0 Å². The lowest BCUT2D eigenvalue weighted by Crippen LogP contribution is -2.39. The Bertz CT molecular complexity index is 979. The minimum atomic E-state index is -1.12. The molecule has 0 fully saturated rings. The predicted octanol–water partition coefficient (Wildman–Crippen LogP) is 3.34. The van der Waals surface area contributed by atoms with Crippen LogP contribution < -0.4 is 14.8 Å².